The fourth-order valence-corrected chi connectivity index (χ4v) is 3.75. The molecule has 0 unspecified atom stereocenters. The molecule has 27 heavy (non-hydrogen) atoms. The summed E-state index contributed by atoms with van der Waals surface area (Å²) in [6.07, 6.45) is 0.408. The first-order chi connectivity index (χ1) is 13.1. The predicted octanol–water partition coefficient (Wildman–Crippen LogP) is 3.79. The normalized spacial score (nSPS) is 14.6. The third-order valence-electron chi connectivity index (χ3n) is 5.21. The molecule has 3 aromatic rings. The van der Waals surface area contributed by atoms with Crippen LogP contribution in [0.25, 0.3) is 11.0 Å². The minimum Gasteiger partial charge on any atom is -0.497 e. The van der Waals surface area contributed by atoms with E-state index in [1.807, 2.05) is 35.2 Å². The summed E-state index contributed by atoms with van der Waals surface area (Å²) >= 11 is 0. The molecule has 5 nitrogen and oxygen atoms in total. The zero-order valence-electron chi connectivity index (χ0n) is 16.1. The van der Waals surface area contributed by atoms with Gasteiger partial charge >= 0.3 is 0 Å². The highest BCUT2D eigenvalue weighted by molar-refractivity contribution is 5.80. The van der Waals surface area contributed by atoms with Gasteiger partial charge in [-0.3, -0.25) is 4.79 Å². The Kier molecular flexibility index (Phi) is 4.60. The van der Waals surface area contributed by atoms with Crippen molar-refractivity contribution in [3.05, 3.63) is 59.9 Å². The molecule has 140 valence electrons. The molecule has 1 amide bonds. The summed E-state index contributed by atoms with van der Waals surface area (Å²) in [5, 5.41) is 0. The monoisotopic (exact) mass is 363 g/mol. The Bertz CT molecular complexity index is 971. The second-order valence-corrected chi connectivity index (χ2v) is 7.46. The van der Waals surface area contributed by atoms with Crippen LogP contribution >= 0.6 is 0 Å². The van der Waals surface area contributed by atoms with Gasteiger partial charge in [-0.15, -0.1) is 0 Å². The van der Waals surface area contributed by atoms with E-state index in [2.05, 4.69) is 36.6 Å². The molecular weight excluding hydrogens is 338 g/mol. The maximum absolute atomic E-state index is 12.7. The van der Waals surface area contributed by atoms with Gasteiger partial charge in [-0.25, -0.2) is 4.98 Å². The number of amides is 1. The second-order valence-electron chi connectivity index (χ2n) is 7.46. The van der Waals surface area contributed by atoms with E-state index in [4.69, 9.17) is 9.72 Å². The van der Waals surface area contributed by atoms with Crippen LogP contribution in [0.1, 0.15) is 37.2 Å². The minimum absolute atomic E-state index is 0.162. The first-order valence-corrected chi connectivity index (χ1v) is 9.44. The number of rotatable bonds is 5. The number of hydrogen-bond donors (Lipinski definition) is 0. The van der Waals surface area contributed by atoms with Crippen molar-refractivity contribution in [1.82, 2.24) is 14.5 Å². The van der Waals surface area contributed by atoms with E-state index in [0.29, 0.717) is 18.4 Å². The lowest BCUT2D eigenvalue weighted by atomic mass is 10.0. The average Bonchev–Trinajstić information content (AvgIpc) is 3.00. The molecule has 0 radical (unpaired) electrons. The molecule has 0 aliphatic carbocycles. The lowest BCUT2D eigenvalue weighted by Crippen LogP contribution is -2.51. The SMILES string of the molecule is COc1cccc(CC(=O)N2CC(n3c(C(C)C)nc4ccccc43)C2)c1. The van der Waals surface area contributed by atoms with E-state index < -0.39 is 0 Å². The number of fused-ring (bicyclic) bond motifs is 1. The molecule has 2 heterocycles. The van der Waals surface area contributed by atoms with Crippen LogP contribution in [0.3, 0.4) is 0 Å². The highest BCUT2D eigenvalue weighted by Gasteiger charge is 2.34. The van der Waals surface area contributed by atoms with Gasteiger partial charge in [0.2, 0.25) is 5.91 Å². The topological polar surface area (TPSA) is 47.4 Å². The van der Waals surface area contributed by atoms with Gasteiger partial charge in [-0.2, -0.15) is 0 Å². The smallest absolute Gasteiger partial charge is 0.227 e. The fourth-order valence-electron chi connectivity index (χ4n) is 3.75. The largest absolute Gasteiger partial charge is 0.497 e. The molecule has 1 aliphatic heterocycles. The van der Waals surface area contributed by atoms with Gasteiger partial charge in [-0.1, -0.05) is 38.1 Å². The number of nitrogens with zero attached hydrogens (tertiary/aromatic N) is 3. The van der Waals surface area contributed by atoms with E-state index in [-0.39, 0.29) is 5.91 Å². The highest BCUT2D eigenvalue weighted by atomic mass is 16.5. The van der Waals surface area contributed by atoms with E-state index in [9.17, 15) is 4.79 Å². The van der Waals surface area contributed by atoms with Gasteiger partial charge in [0.15, 0.2) is 0 Å². The van der Waals surface area contributed by atoms with Gasteiger partial charge in [-0.05, 0) is 29.8 Å². The van der Waals surface area contributed by atoms with Gasteiger partial charge in [0, 0.05) is 19.0 Å². The van der Waals surface area contributed by atoms with Crippen molar-refractivity contribution in [2.75, 3.05) is 20.2 Å². The maximum atomic E-state index is 12.7. The Hall–Kier alpha value is -2.82. The van der Waals surface area contributed by atoms with Crippen LogP contribution in [0.2, 0.25) is 0 Å². The van der Waals surface area contributed by atoms with Gasteiger partial charge in [0.05, 0.1) is 30.6 Å². The van der Waals surface area contributed by atoms with Crippen LogP contribution in [-0.4, -0.2) is 40.6 Å². The zero-order chi connectivity index (χ0) is 19.0. The lowest BCUT2D eigenvalue weighted by molar-refractivity contribution is -0.136. The Morgan fingerprint density at radius 1 is 1.19 bits per heavy atom. The summed E-state index contributed by atoms with van der Waals surface area (Å²) in [6.45, 7) is 5.82. The van der Waals surface area contributed by atoms with Crippen molar-refractivity contribution < 1.29 is 9.53 Å². The number of methoxy groups -OCH3 is 1. The van der Waals surface area contributed by atoms with Crippen LogP contribution in [0.4, 0.5) is 0 Å². The quantitative estimate of drug-likeness (QED) is 0.693. The number of likely N-dealkylation sites (tertiary alicyclic amines) is 1. The van der Waals surface area contributed by atoms with Crippen LogP contribution < -0.4 is 4.74 Å². The first kappa shape index (κ1) is 17.6. The molecule has 1 aliphatic rings. The number of ether oxygens (including phenoxy) is 1. The number of benzene rings is 2. The van der Waals surface area contributed by atoms with Crippen LogP contribution in [-0.2, 0) is 11.2 Å². The molecule has 0 spiro atoms. The summed E-state index contributed by atoms with van der Waals surface area (Å²) < 4.78 is 7.57. The molecule has 0 bridgehead atoms. The third kappa shape index (κ3) is 3.29. The lowest BCUT2D eigenvalue weighted by Gasteiger charge is -2.41. The molecule has 0 atom stereocenters. The summed E-state index contributed by atoms with van der Waals surface area (Å²) in [5.74, 6) is 2.39. The number of imidazole rings is 1. The van der Waals surface area contributed by atoms with Crippen LogP contribution in [0, 0.1) is 0 Å². The summed E-state index contributed by atoms with van der Waals surface area (Å²) in [7, 11) is 1.64. The van der Waals surface area contributed by atoms with Gasteiger partial charge < -0.3 is 14.2 Å². The highest BCUT2D eigenvalue weighted by Crippen LogP contribution is 2.31. The molecular formula is C22H25N3O2. The molecule has 0 N–H and O–H groups in total. The molecule has 1 saturated heterocycles. The predicted molar refractivity (Wildman–Crippen MR) is 106 cm³/mol. The van der Waals surface area contributed by atoms with Crippen LogP contribution in [0.15, 0.2) is 48.5 Å². The number of carbonyl (C=O) groups is 1. The summed E-state index contributed by atoms with van der Waals surface area (Å²) in [5.41, 5.74) is 3.17. The second kappa shape index (κ2) is 7.06. The molecule has 5 heteroatoms. The van der Waals surface area contributed by atoms with Crippen molar-refractivity contribution >= 4 is 16.9 Å². The zero-order valence-corrected chi connectivity index (χ0v) is 16.1. The van der Waals surface area contributed by atoms with E-state index >= 15 is 0 Å². The van der Waals surface area contributed by atoms with Gasteiger partial charge in [0.1, 0.15) is 11.6 Å². The van der Waals surface area contributed by atoms with Crippen molar-refractivity contribution in [3.63, 3.8) is 0 Å². The van der Waals surface area contributed by atoms with E-state index in [0.717, 1.165) is 41.3 Å². The number of para-hydroxylation sites is 2. The number of aromatic nitrogens is 2. The Labute approximate surface area is 159 Å². The van der Waals surface area contributed by atoms with E-state index in [1.165, 1.54) is 0 Å². The van der Waals surface area contributed by atoms with Crippen LogP contribution in [0.5, 0.6) is 5.75 Å². The van der Waals surface area contributed by atoms with Crippen molar-refractivity contribution in [2.45, 2.75) is 32.2 Å². The summed E-state index contributed by atoms with van der Waals surface area (Å²) in [4.78, 5) is 19.4. The molecule has 0 saturated carbocycles. The van der Waals surface area contributed by atoms with E-state index in [1.54, 1.807) is 7.11 Å². The van der Waals surface area contributed by atoms with Crippen molar-refractivity contribution in [2.24, 2.45) is 0 Å². The Morgan fingerprint density at radius 2 is 1.96 bits per heavy atom. The standard InChI is InChI=1S/C22H25N3O2/c1-15(2)22-23-19-9-4-5-10-20(19)25(22)17-13-24(14-17)21(26)12-16-7-6-8-18(11-16)27-3/h4-11,15,17H,12-14H2,1-3H3. The Balaban J connectivity index is 1.48. The molecule has 1 fully saturated rings. The third-order valence-corrected chi connectivity index (χ3v) is 5.21. The van der Waals surface area contributed by atoms with Gasteiger partial charge in [0.25, 0.3) is 0 Å². The maximum Gasteiger partial charge on any atom is 0.227 e. The summed E-state index contributed by atoms with van der Waals surface area (Å²) in [6, 6.07) is 16.3. The fraction of sp³-hybridized carbons (Fsp3) is 0.364. The molecule has 2 aromatic carbocycles. The first-order valence-electron chi connectivity index (χ1n) is 9.44. The van der Waals surface area contributed by atoms with Crippen molar-refractivity contribution in [3.8, 4) is 5.75 Å². The number of carbonyl (C=O) groups excluding carboxylic acids is 1. The van der Waals surface area contributed by atoms with Crippen molar-refractivity contribution in [1.29, 1.82) is 0 Å². The average molecular weight is 363 g/mol. The number of hydrogen-bond acceptors (Lipinski definition) is 3. The Morgan fingerprint density at radius 3 is 2.70 bits per heavy atom. The molecule has 1 aromatic heterocycles. The minimum atomic E-state index is 0.162. The molecule has 4 rings (SSSR count).